The molecule has 1 saturated heterocycles. The van der Waals surface area contributed by atoms with E-state index in [0.29, 0.717) is 25.6 Å². The zero-order valence-corrected chi connectivity index (χ0v) is 12.5. The highest BCUT2D eigenvalue weighted by molar-refractivity contribution is 7.86. The van der Waals surface area contributed by atoms with Gasteiger partial charge in [0.2, 0.25) is 0 Å². The molecule has 0 spiro atoms. The lowest BCUT2D eigenvalue weighted by atomic mass is 10.0. The van der Waals surface area contributed by atoms with E-state index in [1.165, 1.54) is 4.31 Å². The fourth-order valence-electron chi connectivity index (χ4n) is 2.27. The predicted molar refractivity (Wildman–Crippen MR) is 74.7 cm³/mol. The zero-order valence-electron chi connectivity index (χ0n) is 10.9. The third-order valence-electron chi connectivity index (χ3n) is 3.33. The monoisotopic (exact) mass is 288 g/mol. The number of nitrogens with zero attached hydrogens (tertiary/aromatic N) is 2. The van der Waals surface area contributed by atoms with Crippen molar-refractivity contribution in [3.05, 3.63) is 22.4 Å². The van der Waals surface area contributed by atoms with Crippen LogP contribution in [-0.4, -0.2) is 37.2 Å². The van der Waals surface area contributed by atoms with E-state index in [1.54, 1.807) is 22.7 Å². The third-order valence-corrected chi connectivity index (χ3v) is 5.96. The van der Waals surface area contributed by atoms with E-state index in [2.05, 4.69) is 6.92 Å². The first-order chi connectivity index (χ1) is 8.50. The Hall–Kier alpha value is -0.430. The van der Waals surface area contributed by atoms with Gasteiger partial charge in [0.15, 0.2) is 0 Å². The number of hydrogen-bond donors (Lipinski definition) is 0. The Labute approximate surface area is 113 Å². The topological polar surface area (TPSA) is 40.6 Å². The first-order valence-corrected chi connectivity index (χ1v) is 8.56. The van der Waals surface area contributed by atoms with Crippen LogP contribution in [0.1, 0.15) is 25.3 Å². The summed E-state index contributed by atoms with van der Waals surface area (Å²) in [6.07, 6.45) is 2.09. The normalized spacial score (nSPS) is 22.5. The first-order valence-electron chi connectivity index (χ1n) is 6.22. The Bertz CT molecular complexity index is 470. The fourth-order valence-corrected chi connectivity index (χ4v) is 4.44. The van der Waals surface area contributed by atoms with E-state index in [-0.39, 0.29) is 0 Å². The summed E-state index contributed by atoms with van der Waals surface area (Å²) in [6, 6.07) is 1.97. The van der Waals surface area contributed by atoms with Gasteiger partial charge in [0.05, 0.1) is 0 Å². The molecule has 0 unspecified atom stereocenters. The average Bonchev–Trinajstić information content (AvgIpc) is 2.81. The Kier molecular flexibility index (Phi) is 4.42. The Morgan fingerprint density at radius 2 is 2.33 bits per heavy atom. The lowest BCUT2D eigenvalue weighted by Crippen LogP contribution is -2.45. The highest BCUT2D eigenvalue weighted by atomic mass is 32.2. The molecule has 4 nitrogen and oxygen atoms in total. The van der Waals surface area contributed by atoms with Gasteiger partial charge in [-0.1, -0.05) is 6.92 Å². The SMILES string of the molecule is C[C@@H]1CCCN(S(=O)(=O)N(C)Cc2ccsc2)C1. The minimum absolute atomic E-state index is 0.455. The van der Waals surface area contributed by atoms with Crippen LogP contribution in [0.3, 0.4) is 0 Å². The van der Waals surface area contributed by atoms with E-state index in [4.69, 9.17) is 0 Å². The van der Waals surface area contributed by atoms with Crippen LogP contribution >= 0.6 is 11.3 Å². The maximum atomic E-state index is 12.4. The van der Waals surface area contributed by atoms with Gasteiger partial charge < -0.3 is 0 Å². The van der Waals surface area contributed by atoms with E-state index in [1.807, 2.05) is 16.8 Å². The van der Waals surface area contributed by atoms with Crippen LogP contribution in [0.4, 0.5) is 0 Å². The minimum atomic E-state index is -3.30. The average molecular weight is 288 g/mol. The van der Waals surface area contributed by atoms with Crippen LogP contribution in [0.5, 0.6) is 0 Å². The maximum Gasteiger partial charge on any atom is 0.282 e. The van der Waals surface area contributed by atoms with E-state index < -0.39 is 10.2 Å². The molecule has 0 aromatic carbocycles. The fraction of sp³-hybridized carbons (Fsp3) is 0.667. The summed E-state index contributed by atoms with van der Waals surface area (Å²) >= 11 is 1.59. The molecule has 1 fully saturated rings. The molecule has 0 saturated carbocycles. The van der Waals surface area contributed by atoms with Crippen LogP contribution in [-0.2, 0) is 16.8 Å². The molecule has 2 heterocycles. The molecule has 1 atom stereocenters. The van der Waals surface area contributed by atoms with E-state index in [0.717, 1.165) is 18.4 Å². The standard InChI is InChI=1S/C12H20N2O2S2/c1-11-4-3-6-14(8-11)18(15,16)13(2)9-12-5-7-17-10-12/h5,7,10-11H,3-4,6,8-9H2,1-2H3/t11-/m1/s1. The van der Waals surface area contributed by atoms with Gasteiger partial charge in [-0.25, -0.2) is 0 Å². The molecule has 0 bridgehead atoms. The second-order valence-corrected chi connectivity index (χ2v) is 7.82. The lowest BCUT2D eigenvalue weighted by molar-refractivity contribution is 0.263. The molecule has 0 radical (unpaired) electrons. The molecule has 18 heavy (non-hydrogen) atoms. The molecule has 102 valence electrons. The maximum absolute atomic E-state index is 12.4. The molecule has 1 aliphatic heterocycles. The van der Waals surface area contributed by atoms with Crippen molar-refractivity contribution in [1.82, 2.24) is 8.61 Å². The quantitative estimate of drug-likeness (QED) is 0.852. The largest absolute Gasteiger partial charge is 0.282 e. The van der Waals surface area contributed by atoms with Gasteiger partial charge in [-0.2, -0.15) is 28.4 Å². The van der Waals surface area contributed by atoms with Gasteiger partial charge in [-0.05, 0) is 41.1 Å². The predicted octanol–water partition coefficient (Wildman–Crippen LogP) is 2.16. The zero-order chi connectivity index (χ0) is 13.2. The van der Waals surface area contributed by atoms with Crippen LogP contribution < -0.4 is 0 Å². The molecular formula is C12H20N2O2S2. The molecular weight excluding hydrogens is 268 g/mol. The van der Waals surface area contributed by atoms with E-state index in [9.17, 15) is 8.42 Å². The lowest BCUT2D eigenvalue weighted by Gasteiger charge is -2.33. The van der Waals surface area contributed by atoms with Crippen molar-refractivity contribution in [3.8, 4) is 0 Å². The molecule has 2 rings (SSSR count). The molecule has 0 amide bonds. The summed E-state index contributed by atoms with van der Waals surface area (Å²) in [5, 5.41) is 3.96. The molecule has 6 heteroatoms. The van der Waals surface area contributed by atoms with Gasteiger partial charge >= 0.3 is 0 Å². The summed E-state index contributed by atoms with van der Waals surface area (Å²) in [4.78, 5) is 0. The van der Waals surface area contributed by atoms with E-state index >= 15 is 0 Å². The van der Waals surface area contributed by atoms with Crippen molar-refractivity contribution >= 4 is 21.5 Å². The minimum Gasteiger partial charge on any atom is -0.195 e. The third kappa shape index (κ3) is 3.12. The summed E-state index contributed by atoms with van der Waals surface area (Å²) in [5.41, 5.74) is 1.05. The number of hydrogen-bond acceptors (Lipinski definition) is 3. The van der Waals surface area contributed by atoms with Crippen LogP contribution in [0.25, 0.3) is 0 Å². The van der Waals surface area contributed by atoms with Crippen molar-refractivity contribution in [2.24, 2.45) is 5.92 Å². The Balaban J connectivity index is 2.05. The molecule has 1 aromatic heterocycles. The van der Waals surface area contributed by atoms with Gasteiger partial charge in [0, 0.05) is 26.7 Å². The smallest absolute Gasteiger partial charge is 0.195 e. The summed E-state index contributed by atoms with van der Waals surface area (Å²) in [5.74, 6) is 0.461. The number of piperidine rings is 1. The molecule has 0 N–H and O–H groups in total. The highest BCUT2D eigenvalue weighted by Crippen LogP contribution is 2.21. The van der Waals surface area contributed by atoms with Gasteiger partial charge in [0.1, 0.15) is 0 Å². The first kappa shape index (κ1) is 14.0. The van der Waals surface area contributed by atoms with Crippen LogP contribution in [0, 0.1) is 5.92 Å². The van der Waals surface area contributed by atoms with Gasteiger partial charge in [-0.3, -0.25) is 0 Å². The molecule has 1 aliphatic rings. The summed E-state index contributed by atoms with van der Waals surface area (Å²) in [7, 11) is -1.64. The second kappa shape index (κ2) is 5.69. The number of rotatable bonds is 4. The van der Waals surface area contributed by atoms with Crippen molar-refractivity contribution in [2.45, 2.75) is 26.3 Å². The summed E-state index contributed by atoms with van der Waals surface area (Å²) < 4.78 is 27.9. The summed E-state index contributed by atoms with van der Waals surface area (Å²) in [6.45, 7) is 3.87. The van der Waals surface area contributed by atoms with Crippen LogP contribution in [0.2, 0.25) is 0 Å². The second-order valence-electron chi connectivity index (χ2n) is 5.00. The Morgan fingerprint density at radius 3 is 2.94 bits per heavy atom. The number of thiophene rings is 1. The van der Waals surface area contributed by atoms with Crippen molar-refractivity contribution < 1.29 is 8.42 Å². The molecule has 1 aromatic rings. The van der Waals surface area contributed by atoms with Gasteiger partial charge in [-0.15, -0.1) is 0 Å². The van der Waals surface area contributed by atoms with Gasteiger partial charge in [0.25, 0.3) is 10.2 Å². The van der Waals surface area contributed by atoms with Crippen LogP contribution in [0.15, 0.2) is 16.8 Å². The van der Waals surface area contributed by atoms with Crippen molar-refractivity contribution in [1.29, 1.82) is 0 Å². The molecule has 0 aliphatic carbocycles. The highest BCUT2D eigenvalue weighted by Gasteiger charge is 2.30. The Morgan fingerprint density at radius 1 is 1.56 bits per heavy atom. The van der Waals surface area contributed by atoms with Crippen molar-refractivity contribution in [2.75, 3.05) is 20.1 Å². The van der Waals surface area contributed by atoms with Crippen molar-refractivity contribution in [3.63, 3.8) is 0 Å².